The Morgan fingerprint density at radius 3 is 2.42 bits per heavy atom. The molecule has 0 radical (unpaired) electrons. The molecule has 3 rings (SSSR count). The molecule has 8 heteroatoms. The van der Waals surface area contributed by atoms with E-state index in [2.05, 4.69) is 20.9 Å². The number of carbonyl (C=O) groups is 3. The Bertz CT molecular complexity index is 947. The number of nitrogens with zero attached hydrogens (tertiary/aromatic N) is 2. The molecular weight excluding hydrogens is 394 g/mol. The summed E-state index contributed by atoms with van der Waals surface area (Å²) in [7, 11) is 1.68. The third-order valence-electron chi connectivity index (χ3n) is 5.46. The summed E-state index contributed by atoms with van der Waals surface area (Å²) < 4.78 is 0. The van der Waals surface area contributed by atoms with Crippen molar-refractivity contribution in [2.75, 3.05) is 17.3 Å². The van der Waals surface area contributed by atoms with Gasteiger partial charge in [-0.05, 0) is 43.7 Å². The largest absolute Gasteiger partial charge is 0.343 e. The number of nitrogens with one attached hydrogen (secondary N) is 3. The van der Waals surface area contributed by atoms with Crippen molar-refractivity contribution < 1.29 is 14.4 Å². The van der Waals surface area contributed by atoms with Crippen LogP contribution in [0.1, 0.15) is 26.3 Å². The highest BCUT2D eigenvalue weighted by Crippen LogP contribution is 2.32. The number of carbonyl (C=O) groups excluding carboxylic acids is 3. The maximum atomic E-state index is 13.6. The second-order valence-corrected chi connectivity index (χ2v) is 8.01. The number of rotatable bonds is 7. The quantitative estimate of drug-likeness (QED) is 0.629. The molecule has 2 heterocycles. The molecule has 3 N–H and O–H groups in total. The van der Waals surface area contributed by atoms with Gasteiger partial charge in [-0.1, -0.05) is 38.1 Å². The molecule has 0 saturated carbocycles. The lowest BCUT2D eigenvalue weighted by atomic mass is 10.0. The van der Waals surface area contributed by atoms with E-state index in [4.69, 9.17) is 0 Å². The van der Waals surface area contributed by atoms with Crippen molar-refractivity contribution in [2.24, 2.45) is 5.92 Å². The van der Waals surface area contributed by atoms with E-state index < -0.39 is 18.1 Å². The number of hydrogen-bond donors (Lipinski definition) is 3. The molecule has 31 heavy (non-hydrogen) atoms. The van der Waals surface area contributed by atoms with Gasteiger partial charge in [-0.25, -0.2) is 4.98 Å². The Morgan fingerprint density at radius 2 is 1.77 bits per heavy atom. The van der Waals surface area contributed by atoms with Crippen molar-refractivity contribution >= 4 is 29.2 Å². The Hall–Kier alpha value is -3.26. The summed E-state index contributed by atoms with van der Waals surface area (Å²) in [5.74, 6) is -0.638. The molecule has 1 aliphatic heterocycles. The number of likely N-dealkylation sites (N-methyl/N-ethyl adjacent to an activating group) is 1. The highest BCUT2D eigenvalue weighted by molar-refractivity contribution is 6.09. The number of fused-ring (bicyclic) bond motifs is 1. The van der Waals surface area contributed by atoms with Gasteiger partial charge in [0.15, 0.2) is 0 Å². The van der Waals surface area contributed by atoms with Gasteiger partial charge in [0.2, 0.25) is 11.8 Å². The highest BCUT2D eigenvalue weighted by atomic mass is 16.2. The molecule has 0 aliphatic carbocycles. The number of anilines is 2. The molecule has 1 aromatic heterocycles. The molecule has 164 valence electrons. The van der Waals surface area contributed by atoms with E-state index in [1.807, 2.05) is 38.1 Å². The first-order chi connectivity index (χ1) is 14.8. The molecule has 3 atom stereocenters. The summed E-state index contributed by atoms with van der Waals surface area (Å²) in [6, 6.07) is 10.8. The minimum Gasteiger partial charge on any atom is -0.343 e. The normalized spacial score (nSPS) is 17.1. The summed E-state index contributed by atoms with van der Waals surface area (Å²) in [4.78, 5) is 45.0. The van der Waals surface area contributed by atoms with Crippen LogP contribution in [0.4, 0.5) is 11.5 Å². The van der Waals surface area contributed by atoms with E-state index in [0.29, 0.717) is 17.9 Å². The van der Waals surface area contributed by atoms with Crippen molar-refractivity contribution in [3.8, 4) is 0 Å². The zero-order valence-corrected chi connectivity index (χ0v) is 18.3. The Balaban J connectivity index is 1.90. The van der Waals surface area contributed by atoms with Crippen LogP contribution in [0.5, 0.6) is 0 Å². The smallest absolute Gasteiger partial charge is 0.251 e. The number of amides is 3. The van der Waals surface area contributed by atoms with Crippen LogP contribution in [0.2, 0.25) is 0 Å². The zero-order valence-electron chi connectivity index (χ0n) is 18.3. The third-order valence-corrected chi connectivity index (χ3v) is 5.46. The van der Waals surface area contributed by atoms with Gasteiger partial charge >= 0.3 is 0 Å². The van der Waals surface area contributed by atoms with E-state index in [1.165, 1.54) is 4.90 Å². The van der Waals surface area contributed by atoms with Crippen LogP contribution in [0, 0.1) is 5.92 Å². The van der Waals surface area contributed by atoms with Gasteiger partial charge in [0, 0.05) is 18.3 Å². The van der Waals surface area contributed by atoms with Gasteiger partial charge in [-0.2, -0.15) is 0 Å². The van der Waals surface area contributed by atoms with Crippen LogP contribution in [-0.4, -0.2) is 47.9 Å². The van der Waals surface area contributed by atoms with E-state index >= 15 is 0 Å². The molecule has 1 unspecified atom stereocenters. The van der Waals surface area contributed by atoms with Gasteiger partial charge in [0.1, 0.15) is 17.9 Å². The maximum absolute atomic E-state index is 13.6. The first kappa shape index (κ1) is 22.4. The fraction of sp³-hybridized carbons (Fsp3) is 0.391. The van der Waals surface area contributed by atoms with Gasteiger partial charge in [0.25, 0.3) is 5.91 Å². The van der Waals surface area contributed by atoms with Gasteiger partial charge < -0.3 is 16.0 Å². The lowest BCUT2D eigenvalue weighted by Crippen LogP contribution is -2.57. The standard InChI is InChI=1S/C23H29N5O3/c1-14(2)19(27-21(29)15(3)24-4)23(31)28-18(13-16-9-8-12-25-20(16)28)22(30)26-17-10-6-5-7-11-17/h5-12,14-15,18-19,24H,13H2,1-4H3,(H,26,30)(H,27,29)/t15-,18+,19?/m0/s1. The number of hydrogen-bond acceptors (Lipinski definition) is 5. The Kier molecular flexibility index (Phi) is 7.02. The number of pyridine rings is 1. The summed E-state index contributed by atoms with van der Waals surface area (Å²) in [6.45, 7) is 5.45. The van der Waals surface area contributed by atoms with Crippen LogP contribution in [0.25, 0.3) is 0 Å². The number of aromatic nitrogens is 1. The van der Waals surface area contributed by atoms with Crippen molar-refractivity contribution in [3.05, 3.63) is 54.2 Å². The molecule has 1 aliphatic rings. The molecule has 0 fully saturated rings. The minimum absolute atomic E-state index is 0.175. The average molecular weight is 424 g/mol. The first-order valence-electron chi connectivity index (χ1n) is 10.4. The van der Waals surface area contributed by atoms with Crippen molar-refractivity contribution in [1.29, 1.82) is 0 Å². The molecule has 1 aromatic carbocycles. The fourth-order valence-electron chi connectivity index (χ4n) is 3.54. The molecule has 0 spiro atoms. The summed E-state index contributed by atoms with van der Waals surface area (Å²) in [6.07, 6.45) is 1.96. The summed E-state index contributed by atoms with van der Waals surface area (Å²) in [5.41, 5.74) is 1.47. The average Bonchev–Trinajstić information content (AvgIpc) is 3.16. The molecule has 2 aromatic rings. The Morgan fingerprint density at radius 1 is 1.06 bits per heavy atom. The van der Waals surface area contributed by atoms with E-state index in [0.717, 1.165) is 5.56 Å². The second kappa shape index (κ2) is 9.70. The van der Waals surface area contributed by atoms with Gasteiger partial charge in [-0.15, -0.1) is 0 Å². The number of para-hydroxylation sites is 1. The van der Waals surface area contributed by atoms with Crippen LogP contribution >= 0.6 is 0 Å². The van der Waals surface area contributed by atoms with Crippen molar-refractivity contribution in [3.63, 3.8) is 0 Å². The second-order valence-electron chi connectivity index (χ2n) is 8.01. The molecule has 0 bridgehead atoms. The molecule has 0 saturated heterocycles. The Labute approximate surface area is 182 Å². The van der Waals surface area contributed by atoms with Crippen LogP contribution in [-0.2, 0) is 20.8 Å². The molecule has 8 nitrogen and oxygen atoms in total. The van der Waals surface area contributed by atoms with Crippen LogP contribution in [0.3, 0.4) is 0 Å². The topological polar surface area (TPSA) is 103 Å². The molecule has 3 amide bonds. The zero-order chi connectivity index (χ0) is 22.5. The van der Waals surface area contributed by atoms with E-state index in [9.17, 15) is 14.4 Å². The maximum Gasteiger partial charge on any atom is 0.251 e. The lowest BCUT2D eigenvalue weighted by molar-refractivity contribution is -0.130. The van der Waals surface area contributed by atoms with Crippen LogP contribution in [0.15, 0.2) is 48.7 Å². The summed E-state index contributed by atoms with van der Waals surface area (Å²) >= 11 is 0. The van der Waals surface area contributed by atoms with E-state index in [-0.39, 0.29) is 23.6 Å². The highest BCUT2D eigenvalue weighted by Gasteiger charge is 2.43. The molecular formula is C23H29N5O3. The van der Waals surface area contributed by atoms with Gasteiger partial charge in [-0.3, -0.25) is 19.3 Å². The fourth-order valence-corrected chi connectivity index (χ4v) is 3.54. The van der Waals surface area contributed by atoms with Crippen molar-refractivity contribution in [1.82, 2.24) is 15.6 Å². The predicted octanol–water partition coefficient (Wildman–Crippen LogP) is 1.73. The minimum atomic E-state index is -0.789. The SMILES string of the molecule is CN[C@@H](C)C(=O)NC(C(=O)N1c2ncccc2C[C@@H]1C(=O)Nc1ccccc1)C(C)C. The van der Waals surface area contributed by atoms with Gasteiger partial charge in [0.05, 0.1) is 6.04 Å². The first-order valence-corrected chi connectivity index (χ1v) is 10.4. The predicted molar refractivity (Wildman–Crippen MR) is 120 cm³/mol. The number of benzene rings is 1. The lowest BCUT2D eigenvalue weighted by Gasteiger charge is -2.31. The van der Waals surface area contributed by atoms with Crippen molar-refractivity contribution in [2.45, 2.75) is 45.3 Å². The monoisotopic (exact) mass is 423 g/mol. The van der Waals surface area contributed by atoms with E-state index in [1.54, 1.807) is 38.4 Å². The van der Waals surface area contributed by atoms with Crippen LogP contribution < -0.4 is 20.9 Å². The summed E-state index contributed by atoms with van der Waals surface area (Å²) in [5, 5.41) is 8.59. The third kappa shape index (κ3) is 4.91.